The number of aromatic nitrogens is 4. The second kappa shape index (κ2) is 8.36. The first-order valence-corrected chi connectivity index (χ1v) is 10.9. The molecule has 1 amide bonds. The van der Waals surface area contributed by atoms with E-state index in [1.165, 1.54) is 5.56 Å². The van der Waals surface area contributed by atoms with E-state index in [2.05, 4.69) is 35.8 Å². The van der Waals surface area contributed by atoms with Crippen molar-refractivity contribution in [1.29, 1.82) is 0 Å². The number of carbonyl (C=O) groups is 1. The van der Waals surface area contributed by atoms with Crippen molar-refractivity contribution in [2.45, 2.75) is 46.6 Å². The molecule has 0 unspecified atom stereocenters. The summed E-state index contributed by atoms with van der Waals surface area (Å²) in [5, 5.41) is 5.19. The van der Waals surface area contributed by atoms with Crippen molar-refractivity contribution in [2.24, 2.45) is 0 Å². The van der Waals surface area contributed by atoms with Crippen LogP contribution in [0.25, 0.3) is 5.78 Å². The van der Waals surface area contributed by atoms with Gasteiger partial charge in [-0.1, -0.05) is 44.5 Å². The molecule has 7 heteroatoms. The first-order chi connectivity index (χ1) is 15.1. The predicted molar refractivity (Wildman–Crippen MR) is 127 cm³/mol. The van der Waals surface area contributed by atoms with Gasteiger partial charge in [0.15, 0.2) is 5.82 Å². The van der Waals surface area contributed by atoms with Gasteiger partial charge in [-0.05, 0) is 67.3 Å². The van der Waals surface area contributed by atoms with Gasteiger partial charge in [0.25, 0.3) is 11.7 Å². The number of aryl methyl sites for hydroxylation is 2. The Bertz CT molecular complexity index is 1270. The summed E-state index contributed by atoms with van der Waals surface area (Å²) in [6, 6.07) is 16.9. The maximum atomic E-state index is 13.5. The molecule has 0 aliphatic heterocycles. The third-order valence-electron chi connectivity index (χ3n) is 5.34. The third kappa shape index (κ3) is 4.50. The SMILES string of the molecule is Cc1cc(C)n2nc(CN(C(=O)c3ccc(C(C)(C)C)cc3)c3ccc(Cl)cc3)nc2n1. The quantitative estimate of drug-likeness (QED) is 0.412. The van der Waals surface area contributed by atoms with E-state index in [9.17, 15) is 4.79 Å². The summed E-state index contributed by atoms with van der Waals surface area (Å²) in [6.07, 6.45) is 0. The largest absolute Gasteiger partial charge is 0.301 e. The lowest BCUT2D eigenvalue weighted by atomic mass is 9.86. The molecule has 2 aromatic heterocycles. The highest BCUT2D eigenvalue weighted by Crippen LogP contribution is 2.25. The van der Waals surface area contributed by atoms with E-state index in [1.54, 1.807) is 21.5 Å². The van der Waals surface area contributed by atoms with Crippen LogP contribution in [0.15, 0.2) is 54.6 Å². The number of halogens is 1. The van der Waals surface area contributed by atoms with Crippen molar-refractivity contribution in [1.82, 2.24) is 19.6 Å². The van der Waals surface area contributed by atoms with Crippen LogP contribution in [0, 0.1) is 13.8 Å². The molecule has 164 valence electrons. The summed E-state index contributed by atoms with van der Waals surface area (Å²) in [6.45, 7) is 10.5. The molecule has 0 aliphatic rings. The smallest absolute Gasteiger partial charge is 0.258 e. The number of anilines is 1. The van der Waals surface area contributed by atoms with E-state index in [4.69, 9.17) is 11.6 Å². The molecular formula is C25H26ClN5O. The first-order valence-electron chi connectivity index (χ1n) is 10.5. The number of hydrogen-bond donors (Lipinski definition) is 0. The average molecular weight is 448 g/mol. The zero-order chi connectivity index (χ0) is 23.0. The molecular weight excluding hydrogens is 422 g/mol. The summed E-state index contributed by atoms with van der Waals surface area (Å²) >= 11 is 6.08. The van der Waals surface area contributed by atoms with Gasteiger partial charge in [-0.25, -0.2) is 9.50 Å². The second-order valence-electron chi connectivity index (χ2n) is 8.97. The van der Waals surface area contributed by atoms with E-state index >= 15 is 0 Å². The molecule has 32 heavy (non-hydrogen) atoms. The van der Waals surface area contributed by atoms with Crippen LogP contribution < -0.4 is 4.90 Å². The van der Waals surface area contributed by atoms with Crippen LogP contribution in [0.5, 0.6) is 0 Å². The van der Waals surface area contributed by atoms with Crippen LogP contribution >= 0.6 is 11.6 Å². The molecule has 0 aliphatic carbocycles. The van der Waals surface area contributed by atoms with Crippen LogP contribution in [-0.2, 0) is 12.0 Å². The normalized spacial score (nSPS) is 11.7. The minimum Gasteiger partial charge on any atom is -0.301 e. The molecule has 0 bridgehead atoms. The molecule has 6 nitrogen and oxygen atoms in total. The van der Waals surface area contributed by atoms with Crippen LogP contribution in [0.1, 0.15) is 53.9 Å². The second-order valence-corrected chi connectivity index (χ2v) is 9.41. The van der Waals surface area contributed by atoms with Crippen molar-refractivity contribution in [3.8, 4) is 0 Å². The van der Waals surface area contributed by atoms with Crippen LogP contribution in [0.2, 0.25) is 5.02 Å². The monoisotopic (exact) mass is 447 g/mol. The highest BCUT2D eigenvalue weighted by molar-refractivity contribution is 6.30. The number of amides is 1. The minimum atomic E-state index is -0.132. The van der Waals surface area contributed by atoms with Crippen molar-refractivity contribution in [3.05, 3.63) is 88.0 Å². The molecule has 0 fully saturated rings. The topological polar surface area (TPSA) is 63.4 Å². The molecule has 0 spiro atoms. The number of fused-ring (bicyclic) bond motifs is 1. The van der Waals surface area contributed by atoms with E-state index in [1.807, 2.05) is 56.3 Å². The van der Waals surface area contributed by atoms with Gasteiger partial charge < -0.3 is 4.90 Å². The number of hydrogen-bond acceptors (Lipinski definition) is 4. The van der Waals surface area contributed by atoms with Crippen molar-refractivity contribution < 1.29 is 4.79 Å². The highest BCUT2D eigenvalue weighted by Gasteiger charge is 2.22. The Labute approximate surface area is 192 Å². The van der Waals surface area contributed by atoms with Crippen LogP contribution in [-0.4, -0.2) is 25.5 Å². The zero-order valence-electron chi connectivity index (χ0n) is 18.9. The van der Waals surface area contributed by atoms with E-state index in [0.717, 1.165) is 17.1 Å². The first kappa shape index (κ1) is 22.0. The summed E-state index contributed by atoms with van der Waals surface area (Å²) in [4.78, 5) is 24.2. The highest BCUT2D eigenvalue weighted by atomic mass is 35.5. The summed E-state index contributed by atoms with van der Waals surface area (Å²) in [7, 11) is 0. The lowest BCUT2D eigenvalue weighted by molar-refractivity contribution is 0.0984. The Hall–Kier alpha value is -3.25. The van der Waals surface area contributed by atoms with Gasteiger partial charge >= 0.3 is 0 Å². The van der Waals surface area contributed by atoms with Crippen LogP contribution in [0.3, 0.4) is 0 Å². The van der Waals surface area contributed by atoms with Crippen molar-refractivity contribution in [2.75, 3.05) is 4.90 Å². The minimum absolute atomic E-state index is 0.0148. The zero-order valence-corrected chi connectivity index (χ0v) is 19.7. The van der Waals surface area contributed by atoms with E-state index < -0.39 is 0 Å². The standard InChI is InChI=1S/C25H26ClN5O/c1-16-14-17(2)31-24(27-16)28-22(29-31)15-30(21-12-10-20(26)11-13-21)23(32)18-6-8-19(9-7-18)25(3,4)5/h6-14H,15H2,1-5H3. The van der Waals surface area contributed by atoms with Crippen molar-refractivity contribution in [3.63, 3.8) is 0 Å². The predicted octanol–water partition coefficient (Wildman–Crippen LogP) is 5.54. The summed E-state index contributed by atoms with van der Waals surface area (Å²) in [5.41, 5.74) is 4.32. The Kier molecular flexibility index (Phi) is 5.73. The van der Waals surface area contributed by atoms with Gasteiger partial charge in [-0.2, -0.15) is 4.98 Å². The average Bonchev–Trinajstić information content (AvgIpc) is 3.15. The fraction of sp³-hybridized carbons (Fsp3) is 0.280. The number of carbonyl (C=O) groups excluding carboxylic acids is 1. The molecule has 0 radical (unpaired) electrons. The molecule has 4 aromatic rings. The molecule has 0 saturated heterocycles. The maximum Gasteiger partial charge on any atom is 0.258 e. The Balaban J connectivity index is 1.71. The van der Waals surface area contributed by atoms with Gasteiger partial charge in [0.2, 0.25) is 0 Å². The molecule has 0 N–H and O–H groups in total. The Morgan fingerprint density at radius 1 is 1.00 bits per heavy atom. The van der Waals surface area contributed by atoms with Crippen LogP contribution in [0.4, 0.5) is 5.69 Å². The number of rotatable bonds is 4. The Morgan fingerprint density at radius 2 is 1.66 bits per heavy atom. The van der Waals surface area contributed by atoms with Gasteiger partial charge in [-0.15, -0.1) is 5.10 Å². The van der Waals surface area contributed by atoms with Gasteiger partial charge in [0, 0.05) is 27.7 Å². The van der Waals surface area contributed by atoms with Gasteiger partial charge in [-0.3, -0.25) is 4.79 Å². The lowest BCUT2D eigenvalue weighted by Crippen LogP contribution is -2.31. The lowest BCUT2D eigenvalue weighted by Gasteiger charge is -2.23. The Morgan fingerprint density at radius 3 is 2.28 bits per heavy atom. The molecule has 0 atom stereocenters. The third-order valence-corrected chi connectivity index (χ3v) is 5.59. The van der Waals surface area contributed by atoms with E-state index in [0.29, 0.717) is 22.2 Å². The fourth-order valence-corrected chi connectivity index (χ4v) is 3.71. The van der Waals surface area contributed by atoms with Gasteiger partial charge in [0.05, 0.1) is 6.54 Å². The maximum absolute atomic E-state index is 13.5. The molecule has 0 saturated carbocycles. The molecule has 2 heterocycles. The van der Waals surface area contributed by atoms with Gasteiger partial charge in [0.1, 0.15) is 0 Å². The van der Waals surface area contributed by atoms with E-state index in [-0.39, 0.29) is 17.9 Å². The summed E-state index contributed by atoms with van der Waals surface area (Å²) in [5.74, 6) is 0.906. The summed E-state index contributed by atoms with van der Waals surface area (Å²) < 4.78 is 1.70. The van der Waals surface area contributed by atoms with Crippen molar-refractivity contribution >= 4 is 29.0 Å². The molecule has 4 rings (SSSR count). The number of nitrogens with zero attached hydrogens (tertiary/aromatic N) is 5. The number of benzene rings is 2. The molecule has 2 aromatic carbocycles. The fourth-order valence-electron chi connectivity index (χ4n) is 3.59.